The molecule has 0 radical (unpaired) electrons. The molecule has 0 aliphatic heterocycles. The van der Waals surface area contributed by atoms with Gasteiger partial charge in [-0.25, -0.2) is 13.8 Å². The van der Waals surface area contributed by atoms with E-state index in [1.54, 1.807) is 6.07 Å². The lowest BCUT2D eigenvalue weighted by atomic mass is 10.0. The second-order valence-corrected chi connectivity index (χ2v) is 5.36. The van der Waals surface area contributed by atoms with Crippen LogP contribution in [-0.2, 0) is 0 Å². The number of pyridine rings is 1. The Labute approximate surface area is 117 Å². The van der Waals surface area contributed by atoms with Crippen LogP contribution in [0, 0.1) is 11.6 Å². The highest BCUT2D eigenvalue weighted by molar-refractivity contribution is 5.92. The molecule has 20 heavy (non-hydrogen) atoms. The van der Waals surface area contributed by atoms with E-state index < -0.39 is 11.6 Å². The minimum atomic E-state index is -0.846. The number of halogens is 2. The number of fused-ring (bicyclic) bond motifs is 1. The number of anilines is 1. The van der Waals surface area contributed by atoms with E-state index in [2.05, 4.69) is 10.3 Å². The van der Waals surface area contributed by atoms with E-state index in [1.165, 1.54) is 12.8 Å². The summed E-state index contributed by atoms with van der Waals surface area (Å²) in [6.45, 7) is 2.73. The molecule has 1 aromatic carbocycles. The molecule has 0 unspecified atom stereocenters. The van der Waals surface area contributed by atoms with Gasteiger partial charge in [0, 0.05) is 29.2 Å². The molecule has 1 N–H and O–H groups in total. The molecule has 0 saturated heterocycles. The summed E-state index contributed by atoms with van der Waals surface area (Å²) in [6, 6.07) is 4.76. The van der Waals surface area contributed by atoms with Crippen molar-refractivity contribution in [3.05, 3.63) is 35.5 Å². The summed E-state index contributed by atoms with van der Waals surface area (Å²) in [5, 5.41) is 3.88. The maximum atomic E-state index is 14.0. The zero-order valence-electron chi connectivity index (χ0n) is 11.5. The lowest BCUT2D eigenvalue weighted by Crippen LogP contribution is -2.04. The fourth-order valence-electron chi connectivity index (χ4n) is 3.02. The summed E-state index contributed by atoms with van der Waals surface area (Å²) in [6.07, 6.45) is 4.54. The predicted molar refractivity (Wildman–Crippen MR) is 77.0 cm³/mol. The molecule has 1 heterocycles. The molecule has 1 fully saturated rings. The van der Waals surface area contributed by atoms with Gasteiger partial charge in [0.1, 0.15) is 5.52 Å². The summed E-state index contributed by atoms with van der Waals surface area (Å²) in [5.74, 6) is -1.31. The number of rotatable bonds is 3. The number of nitrogens with one attached hydrogen (secondary N) is 1. The van der Waals surface area contributed by atoms with Gasteiger partial charge in [0.15, 0.2) is 11.6 Å². The van der Waals surface area contributed by atoms with Crippen LogP contribution in [-0.4, -0.2) is 11.5 Å². The average molecular weight is 276 g/mol. The second kappa shape index (κ2) is 5.35. The lowest BCUT2D eigenvalue weighted by molar-refractivity contribution is 0.515. The third-order valence-electron chi connectivity index (χ3n) is 4.03. The number of benzene rings is 1. The van der Waals surface area contributed by atoms with Crippen LogP contribution >= 0.6 is 0 Å². The number of aromatic nitrogens is 1. The van der Waals surface area contributed by atoms with Gasteiger partial charge in [-0.2, -0.15) is 0 Å². The first-order valence-corrected chi connectivity index (χ1v) is 7.23. The monoisotopic (exact) mass is 276 g/mol. The van der Waals surface area contributed by atoms with Crippen molar-refractivity contribution in [2.24, 2.45) is 0 Å². The van der Waals surface area contributed by atoms with Gasteiger partial charge in [-0.05, 0) is 38.0 Å². The van der Waals surface area contributed by atoms with Crippen LogP contribution in [0.5, 0.6) is 0 Å². The standard InChI is InChI=1S/C16H18F2N2/c1-2-19-14-9-13(10-5-3-4-6-10)20-16-11(14)7-8-12(17)15(16)18/h7-10H,2-6H2,1H3,(H,19,20). The Kier molecular flexibility index (Phi) is 3.55. The smallest absolute Gasteiger partial charge is 0.185 e. The summed E-state index contributed by atoms with van der Waals surface area (Å²) in [7, 11) is 0. The first-order chi connectivity index (χ1) is 9.70. The Morgan fingerprint density at radius 1 is 1.25 bits per heavy atom. The molecule has 1 aliphatic rings. The molecule has 4 heteroatoms. The molecule has 2 nitrogen and oxygen atoms in total. The molecular weight excluding hydrogens is 258 g/mol. The van der Waals surface area contributed by atoms with Crippen LogP contribution in [0.15, 0.2) is 18.2 Å². The molecule has 1 saturated carbocycles. The molecule has 1 aliphatic carbocycles. The van der Waals surface area contributed by atoms with Crippen LogP contribution < -0.4 is 5.32 Å². The van der Waals surface area contributed by atoms with Crippen LogP contribution in [0.4, 0.5) is 14.5 Å². The number of hydrogen-bond donors (Lipinski definition) is 1. The largest absolute Gasteiger partial charge is 0.385 e. The average Bonchev–Trinajstić information content (AvgIpc) is 2.97. The van der Waals surface area contributed by atoms with Crippen LogP contribution in [0.2, 0.25) is 0 Å². The minimum absolute atomic E-state index is 0.144. The van der Waals surface area contributed by atoms with Gasteiger partial charge < -0.3 is 5.32 Å². The molecule has 3 rings (SSSR count). The van der Waals surface area contributed by atoms with Crippen molar-refractivity contribution in [3.8, 4) is 0 Å². The van der Waals surface area contributed by atoms with Crippen molar-refractivity contribution in [2.45, 2.75) is 38.5 Å². The molecule has 0 amide bonds. The van der Waals surface area contributed by atoms with Crippen molar-refractivity contribution < 1.29 is 8.78 Å². The predicted octanol–water partition coefficient (Wildman–Crippen LogP) is 4.60. The van der Waals surface area contributed by atoms with E-state index >= 15 is 0 Å². The highest BCUT2D eigenvalue weighted by Gasteiger charge is 2.21. The van der Waals surface area contributed by atoms with Crippen LogP contribution in [0.3, 0.4) is 0 Å². The second-order valence-electron chi connectivity index (χ2n) is 5.36. The Hall–Kier alpha value is -1.71. The van der Waals surface area contributed by atoms with Crippen LogP contribution in [0.1, 0.15) is 44.2 Å². The Bertz CT molecular complexity index is 634. The molecule has 1 aromatic heterocycles. The van der Waals surface area contributed by atoms with E-state index in [0.29, 0.717) is 11.3 Å². The first kappa shape index (κ1) is 13.3. The van der Waals surface area contributed by atoms with Crippen LogP contribution in [0.25, 0.3) is 10.9 Å². The van der Waals surface area contributed by atoms with Crippen molar-refractivity contribution >= 4 is 16.6 Å². The SMILES string of the molecule is CCNc1cc(C2CCCC2)nc2c(F)c(F)ccc12. The van der Waals surface area contributed by atoms with Gasteiger partial charge in [-0.15, -0.1) is 0 Å². The van der Waals surface area contributed by atoms with Crippen molar-refractivity contribution in [1.82, 2.24) is 4.98 Å². The van der Waals surface area contributed by atoms with Crippen molar-refractivity contribution in [1.29, 1.82) is 0 Å². The number of hydrogen-bond acceptors (Lipinski definition) is 2. The zero-order chi connectivity index (χ0) is 14.1. The van der Waals surface area contributed by atoms with E-state index in [1.807, 2.05) is 13.0 Å². The number of nitrogens with zero attached hydrogens (tertiary/aromatic N) is 1. The van der Waals surface area contributed by atoms with E-state index in [4.69, 9.17) is 0 Å². The maximum Gasteiger partial charge on any atom is 0.185 e. The van der Waals surface area contributed by atoms with E-state index in [9.17, 15) is 8.78 Å². The van der Waals surface area contributed by atoms with Gasteiger partial charge in [-0.1, -0.05) is 12.8 Å². The minimum Gasteiger partial charge on any atom is -0.385 e. The summed E-state index contributed by atoms with van der Waals surface area (Å²) >= 11 is 0. The van der Waals surface area contributed by atoms with E-state index in [-0.39, 0.29) is 5.52 Å². The molecule has 106 valence electrons. The first-order valence-electron chi connectivity index (χ1n) is 7.23. The highest BCUT2D eigenvalue weighted by Crippen LogP contribution is 2.36. The fourth-order valence-corrected chi connectivity index (χ4v) is 3.02. The highest BCUT2D eigenvalue weighted by atomic mass is 19.2. The van der Waals surface area contributed by atoms with E-state index in [0.717, 1.165) is 36.8 Å². The third-order valence-corrected chi connectivity index (χ3v) is 4.03. The Balaban J connectivity index is 2.19. The summed E-state index contributed by atoms with van der Waals surface area (Å²) in [5.41, 5.74) is 1.87. The molecule has 2 aromatic rings. The lowest BCUT2D eigenvalue weighted by Gasteiger charge is -2.14. The normalized spacial score (nSPS) is 15.9. The molecule has 0 bridgehead atoms. The topological polar surface area (TPSA) is 24.9 Å². The van der Waals surface area contributed by atoms with Gasteiger partial charge in [0.05, 0.1) is 0 Å². The van der Waals surface area contributed by atoms with Gasteiger partial charge in [0.25, 0.3) is 0 Å². The van der Waals surface area contributed by atoms with Crippen molar-refractivity contribution in [2.75, 3.05) is 11.9 Å². The Morgan fingerprint density at radius 2 is 2.00 bits per heavy atom. The Morgan fingerprint density at radius 3 is 2.70 bits per heavy atom. The van der Waals surface area contributed by atoms with Gasteiger partial charge in [0.2, 0.25) is 0 Å². The quantitative estimate of drug-likeness (QED) is 0.886. The summed E-state index contributed by atoms with van der Waals surface area (Å²) in [4.78, 5) is 4.41. The fraction of sp³-hybridized carbons (Fsp3) is 0.438. The maximum absolute atomic E-state index is 14.0. The van der Waals surface area contributed by atoms with Crippen molar-refractivity contribution in [3.63, 3.8) is 0 Å². The van der Waals surface area contributed by atoms with Gasteiger partial charge in [-0.3, -0.25) is 0 Å². The molecular formula is C16H18F2N2. The summed E-state index contributed by atoms with van der Waals surface area (Å²) < 4.78 is 27.5. The molecule has 0 spiro atoms. The third kappa shape index (κ3) is 2.23. The zero-order valence-corrected chi connectivity index (χ0v) is 11.5. The van der Waals surface area contributed by atoms with Gasteiger partial charge >= 0.3 is 0 Å². The molecule has 0 atom stereocenters.